The van der Waals surface area contributed by atoms with Crippen molar-refractivity contribution in [3.63, 3.8) is 0 Å². The fraction of sp³-hybridized carbons (Fsp3) is 0.0182. The van der Waals surface area contributed by atoms with Crippen LogP contribution in [-0.2, 0) is 0 Å². The fourth-order valence-corrected chi connectivity index (χ4v) is 8.99. The molecule has 2 bridgehead atoms. The Labute approximate surface area is 321 Å². The average molecular weight is 697 g/mol. The second kappa shape index (κ2) is 12.5. The lowest BCUT2D eigenvalue weighted by Crippen LogP contribution is -1.93. The minimum absolute atomic E-state index is 1.22. The summed E-state index contributed by atoms with van der Waals surface area (Å²) in [4.78, 5) is 0. The third kappa shape index (κ3) is 5.22. The van der Waals surface area contributed by atoms with E-state index in [-0.39, 0.29) is 0 Å². The van der Waals surface area contributed by atoms with E-state index in [4.69, 9.17) is 0 Å². The van der Waals surface area contributed by atoms with Crippen LogP contribution in [0.25, 0.3) is 111 Å². The highest BCUT2D eigenvalue weighted by molar-refractivity contribution is 6.23. The molecular formula is C55H36. The Morgan fingerprint density at radius 1 is 0.309 bits per heavy atom. The molecule has 0 saturated carbocycles. The summed E-state index contributed by atoms with van der Waals surface area (Å²) in [6.45, 7) is 2.26. The molecule has 11 rings (SSSR count). The Bertz CT molecular complexity index is 3260. The molecular weight excluding hydrogens is 661 g/mol. The molecule has 0 aromatic heterocycles. The third-order valence-corrected chi connectivity index (χ3v) is 11.8. The number of benzene rings is 10. The van der Waals surface area contributed by atoms with Crippen LogP contribution in [0, 0.1) is 6.92 Å². The molecule has 0 heterocycles. The molecule has 256 valence electrons. The maximum absolute atomic E-state index is 2.38. The highest BCUT2D eigenvalue weighted by Gasteiger charge is 2.15. The first kappa shape index (κ1) is 31.5. The summed E-state index contributed by atoms with van der Waals surface area (Å²) in [5.74, 6) is 0. The van der Waals surface area contributed by atoms with E-state index in [9.17, 15) is 0 Å². The summed E-state index contributed by atoms with van der Waals surface area (Å²) in [6, 6.07) is 65.4. The largest absolute Gasteiger partial charge is 0.0616 e. The molecule has 1 aliphatic rings. The molecule has 0 spiro atoms. The second-order valence-corrected chi connectivity index (χ2v) is 14.9. The highest BCUT2D eigenvalue weighted by atomic mass is 14.2. The van der Waals surface area contributed by atoms with Crippen molar-refractivity contribution in [3.05, 3.63) is 205 Å². The van der Waals surface area contributed by atoms with Gasteiger partial charge in [-0.3, -0.25) is 0 Å². The van der Waals surface area contributed by atoms with E-state index in [0.717, 1.165) is 0 Å². The van der Waals surface area contributed by atoms with E-state index < -0.39 is 0 Å². The third-order valence-electron chi connectivity index (χ3n) is 11.8. The van der Waals surface area contributed by atoms with E-state index in [1.807, 2.05) is 0 Å². The first-order valence-corrected chi connectivity index (χ1v) is 19.2. The normalized spacial score (nSPS) is 12.9. The van der Waals surface area contributed by atoms with Gasteiger partial charge in [-0.25, -0.2) is 0 Å². The van der Waals surface area contributed by atoms with Crippen LogP contribution in [0.4, 0.5) is 0 Å². The standard InChI is InChI=1S/C55H36/c1-35-47-13-5-2-10-37-11-3-6-14-49(37)48(35)28-29-50(47)43-26-24-40-30-39(22-23-41(40)31-43)42-21-18-36-19-25-44(33-46(36)32-42)54-34-45-27-20-38-12-4-7-15-51(38)55(45)53-17-9-8-16-52(53)54/h2-34H,1H3/b10-2?,13-5-. The van der Waals surface area contributed by atoms with Gasteiger partial charge in [-0.1, -0.05) is 170 Å². The summed E-state index contributed by atoms with van der Waals surface area (Å²) in [7, 11) is 0. The van der Waals surface area contributed by atoms with Crippen molar-refractivity contribution >= 4 is 66.0 Å². The average Bonchev–Trinajstić information content (AvgIpc) is 3.27. The summed E-state index contributed by atoms with van der Waals surface area (Å²) < 4.78 is 0. The maximum Gasteiger partial charge on any atom is -0.00264 e. The van der Waals surface area contributed by atoms with Gasteiger partial charge in [0.15, 0.2) is 0 Å². The van der Waals surface area contributed by atoms with E-state index in [2.05, 4.69) is 207 Å². The predicted octanol–water partition coefficient (Wildman–Crippen LogP) is 15.5. The molecule has 1 aliphatic carbocycles. The Hall–Kier alpha value is -7.02. The quantitative estimate of drug-likeness (QED) is 0.161. The van der Waals surface area contributed by atoms with Crippen LogP contribution in [0.1, 0.15) is 16.7 Å². The molecule has 0 aliphatic heterocycles. The van der Waals surface area contributed by atoms with Crippen LogP contribution in [-0.4, -0.2) is 0 Å². The monoisotopic (exact) mass is 696 g/mol. The first-order chi connectivity index (χ1) is 27.2. The Morgan fingerprint density at radius 3 is 1.71 bits per heavy atom. The minimum atomic E-state index is 1.22. The van der Waals surface area contributed by atoms with Gasteiger partial charge in [0, 0.05) is 0 Å². The zero-order chi connectivity index (χ0) is 36.5. The van der Waals surface area contributed by atoms with Crippen molar-refractivity contribution in [3.8, 4) is 44.5 Å². The van der Waals surface area contributed by atoms with Crippen molar-refractivity contribution < 1.29 is 0 Å². The van der Waals surface area contributed by atoms with Crippen molar-refractivity contribution in [2.45, 2.75) is 6.92 Å². The van der Waals surface area contributed by atoms with Gasteiger partial charge in [-0.15, -0.1) is 0 Å². The first-order valence-electron chi connectivity index (χ1n) is 19.2. The molecule has 0 nitrogen and oxygen atoms in total. The maximum atomic E-state index is 2.38. The molecule has 0 amide bonds. The SMILES string of the molecule is Cc1c2ccc(-c3ccc4cc(-c5ccc6ccc(-c7cc8ccc9ccccc9c8c8ccccc78)cc6c5)ccc4c3)c1/C=C\C=Cc1ccccc1-2. The van der Waals surface area contributed by atoms with Gasteiger partial charge in [-0.05, 0) is 152 Å². The molecule has 0 fully saturated rings. The lowest BCUT2D eigenvalue weighted by molar-refractivity contribution is 1.43. The smallest absolute Gasteiger partial charge is 0.00264 e. The van der Waals surface area contributed by atoms with Gasteiger partial charge in [0.2, 0.25) is 0 Å². The topological polar surface area (TPSA) is 0 Å². The summed E-state index contributed by atoms with van der Waals surface area (Å²) >= 11 is 0. The van der Waals surface area contributed by atoms with E-state index >= 15 is 0 Å². The van der Waals surface area contributed by atoms with Crippen LogP contribution in [0.3, 0.4) is 0 Å². The van der Waals surface area contributed by atoms with Crippen LogP contribution in [0.15, 0.2) is 188 Å². The number of rotatable bonds is 3. The zero-order valence-electron chi connectivity index (χ0n) is 30.6. The predicted molar refractivity (Wildman–Crippen MR) is 239 cm³/mol. The van der Waals surface area contributed by atoms with Crippen molar-refractivity contribution in [1.29, 1.82) is 0 Å². The van der Waals surface area contributed by atoms with E-state index in [1.54, 1.807) is 0 Å². The van der Waals surface area contributed by atoms with Gasteiger partial charge in [0.1, 0.15) is 0 Å². The molecule has 0 saturated heterocycles. The number of fused-ring (bicyclic) bond motifs is 11. The molecule has 10 aromatic carbocycles. The summed E-state index contributed by atoms with van der Waals surface area (Å²) in [6.07, 6.45) is 8.79. The summed E-state index contributed by atoms with van der Waals surface area (Å²) in [5.41, 5.74) is 13.8. The fourth-order valence-electron chi connectivity index (χ4n) is 8.99. The number of hydrogen-bond donors (Lipinski definition) is 0. The van der Waals surface area contributed by atoms with Crippen LogP contribution in [0.5, 0.6) is 0 Å². The van der Waals surface area contributed by atoms with Gasteiger partial charge in [0.25, 0.3) is 0 Å². The molecule has 0 unspecified atom stereocenters. The molecule has 0 N–H and O–H groups in total. The van der Waals surface area contributed by atoms with Crippen molar-refractivity contribution in [2.24, 2.45) is 0 Å². The molecule has 0 radical (unpaired) electrons. The second-order valence-electron chi connectivity index (χ2n) is 14.9. The lowest BCUT2D eigenvalue weighted by atomic mass is 9.88. The van der Waals surface area contributed by atoms with Gasteiger partial charge < -0.3 is 0 Å². The van der Waals surface area contributed by atoms with E-state index in [1.165, 1.54) is 115 Å². The van der Waals surface area contributed by atoms with Gasteiger partial charge >= 0.3 is 0 Å². The van der Waals surface area contributed by atoms with Crippen LogP contribution >= 0.6 is 0 Å². The Morgan fingerprint density at radius 2 is 0.873 bits per heavy atom. The van der Waals surface area contributed by atoms with E-state index in [0.29, 0.717) is 0 Å². The van der Waals surface area contributed by atoms with Gasteiger partial charge in [-0.2, -0.15) is 0 Å². The number of hydrogen-bond acceptors (Lipinski definition) is 0. The molecule has 0 atom stereocenters. The van der Waals surface area contributed by atoms with Crippen molar-refractivity contribution in [2.75, 3.05) is 0 Å². The summed E-state index contributed by atoms with van der Waals surface area (Å²) in [5, 5.41) is 12.7. The van der Waals surface area contributed by atoms with Crippen molar-refractivity contribution in [1.82, 2.24) is 0 Å². The molecule has 0 heteroatoms. The molecule has 10 aromatic rings. The van der Waals surface area contributed by atoms with Gasteiger partial charge in [0.05, 0.1) is 0 Å². The highest BCUT2D eigenvalue weighted by Crippen LogP contribution is 2.41. The minimum Gasteiger partial charge on any atom is -0.0616 e. The lowest BCUT2D eigenvalue weighted by Gasteiger charge is -2.16. The zero-order valence-corrected chi connectivity index (χ0v) is 30.6. The molecule has 55 heavy (non-hydrogen) atoms. The number of allylic oxidation sites excluding steroid dienone is 2. The van der Waals surface area contributed by atoms with Crippen LogP contribution < -0.4 is 0 Å². The Balaban J connectivity index is 0.971. The van der Waals surface area contributed by atoms with Crippen LogP contribution in [0.2, 0.25) is 0 Å². The Kier molecular flexibility index (Phi) is 7.19.